The van der Waals surface area contributed by atoms with Crippen LogP contribution in [0.25, 0.3) is 5.82 Å². The lowest BCUT2D eigenvalue weighted by atomic mass is 10.4. The highest BCUT2D eigenvalue weighted by Crippen LogP contribution is 1.99. The van der Waals surface area contributed by atoms with Crippen molar-refractivity contribution in [2.45, 2.75) is 0 Å². The van der Waals surface area contributed by atoms with Crippen LogP contribution in [0.2, 0.25) is 0 Å². The fraction of sp³-hybridized carbons (Fsp3) is 0.0909. The van der Waals surface area contributed by atoms with E-state index in [0.29, 0.717) is 5.82 Å². The van der Waals surface area contributed by atoms with E-state index in [-0.39, 0.29) is 11.3 Å². The third-order valence-electron chi connectivity index (χ3n) is 2.06. The number of rotatable bonds is 2. The van der Waals surface area contributed by atoms with E-state index >= 15 is 0 Å². The summed E-state index contributed by atoms with van der Waals surface area (Å²) in [6.45, 7) is 0. The van der Waals surface area contributed by atoms with Crippen LogP contribution in [-0.4, -0.2) is 27.8 Å². The molecule has 0 spiro atoms. The summed E-state index contributed by atoms with van der Waals surface area (Å²) in [5.74, 6) is -0.252. The molecule has 2 rings (SSSR count). The van der Waals surface area contributed by atoms with Crippen molar-refractivity contribution in [1.29, 1.82) is 0 Å². The molecule has 0 fully saturated rings. The number of nitrogens with zero attached hydrogens (tertiary/aromatic N) is 3. The number of ether oxygens (including phenoxy) is 1. The molecule has 17 heavy (non-hydrogen) atoms. The molecule has 0 bridgehead atoms. The second kappa shape index (κ2) is 4.56. The van der Waals surface area contributed by atoms with Gasteiger partial charge >= 0.3 is 5.97 Å². The third-order valence-corrected chi connectivity index (χ3v) is 2.06. The van der Waals surface area contributed by atoms with E-state index in [9.17, 15) is 9.59 Å². The van der Waals surface area contributed by atoms with Gasteiger partial charge in [0.2, 0.25) is 0 Å². The highest BCUT2D eigenvalue weighted by molar-refractivity contribution is 5.86. The largest absolute Gasteiger partial charge is 0.464 e. The van der Waals surface area contributed by atoms with E-state index in [1.54, 1.807) is 18.2 Å². The molecule has 0 aliphatic carbocycles. The van der Waals surface area contributed by atoms with Gasteiger partial charge in [0.25, 0.3) is 5.56 Å². The molecular weight excluding hydrogens is 222 g/mol. The zero-order chi connectivity index (χ0) is 12.3. The molecular formula is C11H9N3O3. The van der Waals surface area contributed by atoms with E-state index < -0.39 is 5.97 Å². The van der Waals surface area contributed by atoms with Crippen molar-refractivity contribution in [2.75, 3.05) is 7.11 Å². The van der Waals surface area contributed by atoms with Crippen molar-refractivity contribution in [2.24, 2.45) is 0 Å². The fourth-order valence-corrected chi connectivity index (χ4v) is 1.27. The Morgan fingerprint density at radius 1 is 1.29 bits per heavy atom. The lowest BCUT2D eigenvalue weighted by Crippen LogP contribution is -2.23. The minimum absolute atomic E-state index is 0.0535. The summed E-state index contributed by atoms with van der Waals surface area (Å²) in [7, 11) is 1.25. The van der Waals surface area contributed by atoms with Crippen molar-refractivity contribution in [3.63, 3.8) is 0 Å². The molecule has 6 nitrogen and oxygen atoms in total. The molecule has 0 saturated carbocycles. The van der Waals surface area contributed by atoms with Crippen molar-refractivity contribution < 1.29 is 9.53 Å². The Balaban J connectivity index is 2.55. The highest BCUT2D eigenvalue weighted by Gasteiger charge is 2.10. The quantitative estimate of drug-likeness (QED) is 0.700. The lowest BCUT2D eigenvalue weighted by Gasteiger charge is -2.04. The van der Waals surface area contributed by atoms with Gasteiger partial charge < -0.3 is 4.74 Å². The van der Waals surface area contributed by atoms with E-state index in [2.05, 4.69) is 14.8 Å². The highest BCUT2D eigenvalue weighted by atomic mass is 16.5. The number of carbonyl (C=O) groups is 1. The number of pyridine rings is 1. The Kier molecular flexibility index (Phi) is 2.95. The van der Waals surface area contributed by atoms with Gasteiger partial charge in [-0.05, 0) is 18.2 Å². The van der Waals surface area contributed by atoms with Crippen molar-refractivity contribution in [1.82, 2.24) is 14.8 Å². The number of esters is 1. The smallest absolute Gasteiger partial charge is 0.358 e. The van der Waals surface area contributed by atoms with Crippen molar-refractivity contribution in [3.05, 3.63) is 52.6 Å². The van der Waals surface area contributed by atoms with E-state index in [4.69, 9.17) is 0 Å². The predicted molar refractivity (Wildman–Crippen MR) is 59.0 cm³/mol. The topological polar surface area (TPSA) is 74.1 Å². The molecule has 0 saturated heterocycles. The second-order valence-electron chi connectivity index (χ2n) is 3.15. The summed E-state index contributed by atoms with van der Waals surface area (Å²) in [5.41, 5.74) is -0.311. The second-order valence-corrected chi connectivity index (χ2v) is 3.15. The summed E-state index contributed by atoms with van der Waals surface area (Å²) >= 11 is 0. The summed E-state index contributed by atoms with van der Waals surface area (Å²) in [4.78, 5) is 26.9. The minimum atomic E-state index is -0.602. The molecule has 86 valence electrons. The SMILES string of the molecule is COC(=O)c1ccc(=O)n(-c2ccccn2)n1. The van der Waals surface area contributed by atoms with Crippen LogP contribution in [-0.2, 0) is 4.74 Å². The van der Waals surface area contributed by atoms with Crippen LogP contribution in [0.5, 0.6) is 0 Å². The lowest BCUT2D eigenvalue weighted by molar-refractivity contribution is 0.0591. The Bertz CT molecular complexity index is 592. The van der Waals surface area contributed by atoms with Crippen LogP contribution < -0.4 is 5.56 Å². The van der Waals surface area contributed by atoms with Gasteiger partial charge in [0, 0.05) is 12.3 Å². The van der Waals surface area contributed by atoms with Crippen LogP contribution in [0.3, 0.4) is 0 Å². The summed E-state index contributed by atoms with van der Waals surface area (Å²) < 4.78 is 5.58. The molecule has 2 heterocycles. The molecule has 0 unspecified atom stereocenters. The minimum Gasteiger partial charge on any atom is -0.464 e. The predicted octanol–water partition coefficient (Wildman–Crippen LogP) is 0.414. The van der Waals surface area contributed by atoms with E-state index in [1.807, 2.05) is 0 Å². The van der Waals surface area contributed by atoms with E-state index in [0.717, 1.165) is 4.68 Å². The van der Waals surface area contributed by atoms with Crippen LogP contribution >= 0.6 is 0 Å². The Morgan fingerprint density at radius 3 is 2.76 bits per heavy atom. The Morgan fingerprint density at radius 2 is 2.12 bits per heavy atom. The molecule has 0 N–H and O–H groups in total. The average Bonchev–Trinajstić information content (AvgIpc) is 2.39. The summed E-state index contributed by atoms with van der Waals surface area (Å²) in [6.07, 6.45) is 1.54. The summed E-state index contributed by atoms with van der Waals surface area (Å²) in [5, 5.41) is 3.88. The first-order valence-corrected chi connectivity index (χ1v) is 4.82. The van der Waals surface area contributed by atoms with Gasteiger partial charge in [-0.1, -0.05) is 6.07 Å². The van der Waals surface area contributed by atoms with Crippen LogP contribution in [0.4, 0.5) is 0 Å². The monoisotopic (exact) mass is 231 g/mol. The van der Waals surface area contributed by atoms with E-state index in [1.165, 1.54) is 25.4 Å². The molecule has 0 atom stereocenters. The van der Waals surface area contributed by atoms with Gasteiger partial charge in [-0.3, -0.25) is 4.79 Å². The third kappa shape index (κ3) is 2.20. The number of carbonyl (C=O) groups excluding carboxylic acids is 1. The van der Waals surface area contributed by atoms with Crippen molar-refractivity contribution in [3.8, 4) is 5.82 Å². The number of hydrogen-bond donors (Lipinski definition) is 0. The molecule has 0 amide bonds. The zero-order valence-corrected chi connectivity index (χ0v) is 9.03. The van der Waals surface area contributed by atoms with Gasteiger partial charge in [-0.15, -0.1) is 0 Å². The van der Waals surface area contributed by atoms with Crippen LogP contribution in [0.15, 0.2) is 41.3 Å². The Hall–Kier alpha value is -2.50. The normalized spacial score (nSPS) is 9.94. The average molecular weight is 231 g/mol. The first-order chi connectivity index (χ1) is 8.22. The number of aromatic nitrogens is 3. The Labute approximate surface area is 96.5 Å². The van der Waals surface area contributed by atoms with Gasteiger partial charge in [0.15, 0.2) is 11.5 Å². The molecule has 2 aromatic heterocycles. The fourth-order valence-electron chi connectivity index (χ4n) is 1.27. The van der Waals surface area contributed by atoms with Gasteiger partial charge in [0.1, 0.15) is 0 Å². The van der Waals surface area contributed by atoms with Gasteiger partial charge in [-0.25, -0.2) is 9.78 Å². The zero-order valence-electron chi connectivity index (χ0n) is 9.03. The van der Waals surface area contributed by atoms with Gasteiger partial charge in [0.05, 0.1) is 7.11 Å². The molecule has 0 aromatic carbocycles. The molecule has 0 radical (unpaired) electrons. The van der Waals surface area contributed by atoms with Crippen molar-refractivity contribution >= 4 is 5.97 Å². The first kappa shape index (κ1) is 11.0. The van der Waals surface area contributed by atoms with Gasteiger partial charge in [-0.2, -0.15) is 9.78 Å². The van der Waals surface area contributed by atoms with Crippen LogP contribution in [0, 0.1) is 0 Å². The van der Waals surface area contributed by atoms with Crippen LogP contribution in [0.1, 0.15) is 10.5 Å². The molecule has 6 heteroatoms. The summed E-state index contributed by atoms with van der Waals surface area (Å²) in [6, 6.07) is 7.62. The first-order valence-electron chi connectivity index (χ1n) is 4.82. The number of methoxy groups -OCH3 is 1. The molecule has 0 aliphatic heterocycles. The standard InChI is InChI=1S/C11H9N3O3/c1-17-11(16)8-5-6-10(15)14(13-8)9-4-2-3-7-12-9/h2-7H,1H3. The molecule has 0 aliphatic rings. The maximum Gasteiger partial charge on any atom is 0.358 e. The molecule has 2 aromatic rings. The maximum atomic E-state index is 11.6. The maximum absolute atomic E-state index is 11.6. The number of hydrogen-bond acceptors (Lipinski definition) is 5.